The number of carbonyl (C=O) groups is 2. The summed E-state index contributed by atoms with van der Waals surface area (Å²) in [6, 6.07) is 7.48. The fraction of sp³-hybridized carbons (Fsp3) is 0.556. The monoisotopic (exact) mass is 334 g/mol. The second-order valence-corrected chi connectivity index (χ2v) is 7.20. The Morgan fingerprint density at radius 3 is 2.83 bits per heavy atom. The number of hydrogen-bond donors (Lipinski definition) is 1. The van der Waals surface area contributed by atoms with E-state index >= 15 is 0 Å². The van der Waals surface area contributed by atoms with Crippen LogP contribution in [-0.2, 0) is 9.59 Å². The highest BCUT2D eigenvalue weighted by Gasteiger charge is 2.36. The number of amides is 2. The van der Waals surface area contributed by atoms with E-state index in [1.54, 1.807) is 17.0 Å². The summed E-state index contributed by atoms with van der Waals surface area (Å²) in [5.74, 6) is 0.259. The van der Waals surface area contributed by atoms with E-state index in [1.165, 1.54) is 19.3 Å². The smallest absolute Gasteiger partial charge is 0.227 e. The van der Waals surface area contributed by atoms with Crippen LogP contribution in [0.15, 0.2) is 24.3 Å². The number of anilines is 1. The van der Waals surface area contributed by atoms with Gasteiger partial charge in [-0.25, -0.2) is 0 Å². The van der Waals surface area contributed by atoms with Crippen molar-refractivity contribution in [3.63, 3.8) is 0 Å². The minimum absolute atomic E-state index is 0.0101. The van der Waals surface area contributed by atoms with Gasteiger partial charge in [-0.3, -0.25) is 9.59 Å². The van der Waals surface area contributed by atoms with Gasteiger partial charge in [-0.2, -0.15) is 0 Å². The van der Waals surface area contributed by atoms with Gasteiger partial charge in [0.1, 0.15) is 0 Å². The zero-order valence-electron chi connectivity index (χ0n) is 13.4. The number of nitrogens with zero attached hydrogens (tertiary/aromatic N) is 1. The van der Waals surface area contributed by atoms with Crippen molar-refractivity contribution in [1.82, 2.24) is 5.32 Å². The normalized spacial score (nSPS) is 28.0. The Hall–Kier alpha value is -1.55. The van der Waals surface area contributed by atoms with Crippen LogP contribution in [0.5, 0.6) is 0 Å². The topological polar surface area (TPSA) is 49.4 Å². The molecular formula is C18H23ClN2O2. The lowest BCUT2D eigenvalue weighted by atomic mass is 9.85. The molecule has 1 aromatic rings. The second kappa shape index (κ2) is 6.91. The molecule has 2 amide bonds. The Bertz CT molecular complexity index is 604. The maximum atomic E-state index is 12.5. The lowest BCUT2D eigenvalue weighted by molar-refractivity contribution is -0.127. The standard InChI is InChI=1S/C18H23ClN2O2/c1-12-5-2-3-8-16(12)20-18(23)13-9-17(22)21(11-13)15-7-4-6-14(19)10-15/h4,6-7,10,12-13,16H,2-3,5,8-9,11H2,1H3,(H,20,23)/t12-,13-,16-/m1/s1. The number of carbonyl (C=O) groups excluding carboxylic acids is 2. The molecule has 1 saturated carbocycles. The van der Waals surface area contributed by atoms with Crippen LogP contribution in [0.1, 0.15) is 39.0 Å². The van der Waals surface area contributed by atoms with Crippen molar-refractivity contribution >= 4 is 29.1 Å². The fourth-order valence-corrected chi connectivity index (χ4v) is 3.79. The SMILES string of the molecule is C[C@@H]1CCCC[C@H]1NC(=O)[C@@H]1CC(=O)N(c2cccc(Cl)c2)C1. The van der Waals surface area contributed by atoms with E-state index in [9.17, 15) is 9.59 Å². The van der Waals surface area contributed by atoms with E-state index in [0.717, 1.165) is 12.1 Å². The molecule has 2 fully saturated rings. The van der Waals surface area contributed by atoms with Gasteiger partial charge in [-0.05, 0) is 37.0 Å². The van der Waals surface area contributed by atoms with E-state index in [0.29, 0.717) is 17.5 Å². The van der Waals surface area contributed by atoms with Gasteiger partial charge in [0.25, 0.3) is 0 Å². The quantitative estimate of drug-likeness (QED) is 0.921. The first-order valence-electron chi connectivity index (χ1n) is 8.41. The van der Waals surface area contributed by atoms with Gasteiger partial charge in [0, 0.05) is 29.7 Å². The molecule has 0 radical (unpaired) electrons. The van der Waals surface area contributed by atoms with E-state index in [2.05, 4.69) is 12.2 Å². The summed E-state index contributed by atoms with van der Waals surface area (Å²) >= 11 is 6.00. The minimum atomic E-state index is -0.268. The summed E-state index contributed by atoms with van der Waals surface area (Å²) in [5.41, 5.74) is 0.767. The predicted molar refractivity (Wildman–Crippen MR) is 91.5 cm³/mol. The summed E-state index contributed by atoms with van der Waals surface area (Å²) in [4.78, 5) is 26.5. The summed E-state index contributed by atoms with van der Waals surface area (Å²) in [7, 11) is 0. The van der Waals surface area contributed by atoms with Crippen molar-refractivity contribution in [1.29, 1.82) is 0 Å². The van der Waals surface area contributed by atoms with Crippen LogP contribution >= 0.6 is 11.6 Å². The van der Waals surface area contributed by atoms with Gasteiger partial charge in [-0.1, -0.05) is 37.4 Å². The van der Waals surface area contributed by atoms with Crippen molar-refractivity contribution in [3.05, 3.63) is 29.3 Å². The summed E-state index contributed by atoms with van der Waals surface area (Å²) in [6.07, 6.45) is 4.92. The molecule has 1 aliphatic carbocycles. The van der Waals surface area contributed by atoms with Crippen molar-refractivity contribution in [2.75, 3.05) is 11.4 Å². The number of rotatable bonds is 3. The summed E-state index contributed by atoms with van der Waals surface area (Å²) < 4.78 is 0. The van der Waals surface area contributed by atoms with E-state index in [-0.39, 0.29) is 30.2 Å². The minimum Gasteiger partial charge on any atom is -0.353 e. The van der Waals surface area contributed by atoms with E-state index in [1.807, 2.05) is 12.1 Å². The van der Waals surface area contributed by atoms with Crippen LogP contribution in [-0.4, -0.2) is 24.4 Å². The number of hydrogen-bond acceptors (Lipinski definition) is 2. The molecule has 1 aliphatic heterocycles. The Balaban J connectivity index is 1.63. The maximum absolute atomic E-state index is 12.5. The molecule has 1 N–H and O–H groups in total. The first-order chi connectivity index (χ1) is 11.0. The van der Waals surface area contributed by atoms with Crippen molar-refractivity contribution < 1.29 is 9.59 Å². The molecule has 3 atom stereocenters. The fourth-order valence-electron chi connectivity index (χ4n) is 3.61. The third-order valence-electron chi connectivity index (χ3n) is 5.05. The van der Waals surface area contributed by atoms with Gasteiger partial charge in [0.15, 0.2) is 0 Å². The Kier molecular flexibility index (Phi) is 4.90. The molecule has 23 heavy (non-hydrogen) atoms. The highest BCUT2D eigenvalue weighted by molar-refractivity contribution is 6.30. The van der Waals surface area contributed by atoms with Crippen LogP contribution in [0.25, 0.3) is 0 Å². The van der Waals surface area contributed by atoms with Crippen molar-refractivity contribution in [2.45, 2.75) is 45.1 Å². The largest absolute Gasteiger partial charge is 0.353 e. The lowest BCUT2D eigenvalue weighted by Gasteiger charge is -2.30. The molecule has 0 aromatic heterocycles. The predicted octanol–water partition coefficient (Wildman–Crippen LogP) is 3.39. The first-order valence-corrected chi connectivity index (χ1v) is 8.78. The van der Waals surface area contributed by atoms with Gasteiger partial charge >= 0.3 is 0 Å². The molecule has 1 saturated heterocycles. The van der Waals surface area contributed by atoms with Crippen LogP contribution in [0.2, 0.25) is 5.02 Å². The highest BCUT2D eigenvalue weighted by atomic mass is 35.5. The van der Waals surface area contributed by atoms with Gasteiger partial charge in [-0.15, -0.1) is 0 Å². The molecule has 5 heteroatoms. The summed E-state index contributed by atoms with van der Waals surface area (Å²) in [6.45, 7) is 2.63. The Labute approximate surface area is 142 Å². The zero-order valence-corrected chi connectivity index (χ0v) is 14.2. The molecule has 4 nitrogen and oxygen atoms in total. The van der Waals surface area contributed by atoms with Gasteiger partial charge < -0.3 is 10.2 Å². The Morgan fingerprint density at radius 2 is 2.09 bits per heavy atom. The molecule has 3 rings (SSSR count). The van der Waals surface area contributed by atoms with Crippen LogP contribution < -0.4 is 10.2 Å². The lowest BCUT2D eigenvalue weighted by Crippen LogP contribution is -2.44. The van der Waals surface area contributed by atoms with Crippen LogP contribution in [0.4, 0.5) is 5.69 Å². The molecule has 124 valence electrons. The van der Waals surface area contributed by atoms with Gasteiger partial charge in [0.05, 0.1) is 5.92 Å². The first kappa shape index (κ1) is 16.3. The molecular weight excluding hydrogens is 312 g/mol. The van der Waals surface area contributed by atoms with E-state index < -0.39 is 0 Å². The Morgan fingerprint density at radius 1 is 1.30 bits per heavy atom. The van der Waals surface area contributed by atoms with Crippen LogP contribution in [0, 0.1) is 11.8 Å². The number of halogens is 1. The zero-order chi connectivity index (χ0) is 16.4. The average molecular weight is 335 g/mol. The second-order valence-electron chi connectivity index (χ2n) is 6.76. The molecule has 2 aliphatic rings. The number of benzene rings is 1. The number of nitrogens with one attached hydrogen (secondary N) is 1. The van der Waals surface area contributed by atoms with Crippen molar-refractivity contribution in [3.8, 4) is 0 Å². The molecule has 0 unspecified atom stereocenters. The maximum Gasteiger partial charge on any atom is 0.227 e. The van der Waals surface area contributed by atoms with Crippen molar-refractivity contribution in [2.24, 2.45) is 11.8 Å². The van der Waals surface area contributed by atoms with Gasteiger partial charge in [0.2, 0.25) is 11.8 Å². The third kappa shape index (κ3) is 3.69. The summed E-state index contributed by atoms with van der Waals surface area (Å²) in [5, 5.41) is 3.77. The van der Waals surface area contributed by atoms with E-state index in [4.69, 9.17) is 11.6 Å². The molecule has 0 spiro atoms. The molecule has 1 heterocycles. The third-order valence-corrected chi connectivity index (χ3v) is 5.29. The molecule has 1 aromatic carbocycles. The highest BCUT2D eigenvalue weighted by Crippen LogP contribution is 2.28. The van der Waals surface area contributed by atoms with Crippen LogP contribution in [0.3, 0.4) is 0 Å². The average Bonchev–Trinajstić information content (AvgIpc) is 2.92. The molecule has 0 bridgehead atoms.